The fourth-order valence-corrected chi connectivity index (χ4v) is 4.65. The molecule has 0 spiro atoms. The van der Waals surface area contributed by atoms with Crippen molar-refractivity contribution in [3.05, 3.63) is 42.0 Å². The van der Waals surface area contributed by atoms with Crippen molar-refractivity contribution >= 4 is 23.6 Å². The van der Waals surface area contributed by atoms with E-state index in [2.05, 4.69) is 5.32 Å². The molecule has 0 bridgehead atoms. The highest BCUT2D eigenvalue weighted by Crippen LogP contribution is 2.35. The van der Waals surface area contributed by atoms with Crippen LogP contribution in [0.5, 0.6) is 5.75 Å². The average Bonchev–Trinajstić information content (AvgIpc) is 3.10. The van der Waals surface area contributed by atoms with Gasteiger partial charge in [-0.25, -0.2) is 0 Å². The number of hydrogen-bond donors (Lipinski definition) is 1. The van der Waals surface area contributed by atoms with Crippen molar-refractivity contribution < 1.29 is 23.9 Å². The first-order valence-electron chi connectivity index (χ1n) is 12.1. The van der Waals surface area contributed by atoms with E-state index in [4.69, 9.17) is 4.74 Å². The number of likely N-dealkylation sites (tertiary alicyclic amines) is 1. The minimum Gasteiger partial charge on any atom is -0.497 e. The van der Waals surface area contributed by atoms with E-state index in [1.165, 1.54) is 4.90 Å². The molecule has 4 amide bonds. The molecule has 8 nitrogen and oxygen atoms in total. The van der Waals surface area contributed by atoms with Gasteiger partial charge in [-0.2, -0.15) is 0 Å². The average molecular weight is 470 g/mol. The molecular formula is C26H35N3O5. The van der Waals surface area contributed by atoms with E-state index in [1.807, 2.05) is 50.3 Å². The fourth-order valence-electron chi connectivity index (χ4n) is 4.65. The molecule has 1 aromatic carbocycles. The molecule has 0 aromatic heterocycles. The second-order valence-corrected chi connectivity index (χ2v) is 8.82. The zero-order valence-corrected chi connectivity index (χ0v) is 20.3. The topological polar surface area (TPSA) is 96.0 Å². The van der Waals surface area contributed by atoms with Crippen LogP contribution >= 0.6 is 0 Å². The Morgan fingerprint density at radius 3 is 2.24 bits per heavy atom. The van der Waals surface area contributed by atoms with Crippen molar-refractivity contribution in [1.29, 1.82) is 0 Å². The van der Waals surface area contributed by atoms with Crippen LogP contribution in [0, 0.1) is 11.8 Å². The number of carbonyl (C=O) groups excluding carboxylic acids is 4. The van der Waals surface area contributed by atoms with Gasteiger partial charge in [0.15, 0.2) is 0 Å². The lowest BCUT2D eigenvalue weighted by Crippen LogP contribution is -2.49. The van der Waals surface area contributed by atoms with Gasteiger partial charge in [-0.15, -0.1) is 0 Å². The second-order valence-electron chi connectivity index (χ2n) is 8.82. The van der Waals surface area contributed by atoms with Crippen LogP contribution in [0.25, 0.3) is 0 Å². The summed E-state index contributed by atoms with van der Waals surface area (Å²) in [5.41, 5.74) is 0.862. The molecule has 184 valence electrons. The Morgan fingerprint density at radius 1 is 1.09 bits per heavy atom. The Hall–Kier alpha value is -3.16. The van der Waals surface area contributed by atoms with Gasteiger partial charge in [-0.05, 0) is 43.4 Å². The van der Waals surface area contributed by atoms with Gasteiger partial charge in [-0.1, -0.05) is 38.1 Å². The Balaban J connectivity index is 1.74. The van der Waals surface area contributed by atoms with E-state index in [1.54, 1.807) is 12.0 Å². The van der Waals surface area contributed by atoms with E-state index in [-0.39, 0.29) is 55.0 Å². The Labute approximate surface area is 201 Å². The Kier molecular flexibility index (Phi) is 8.85. The summed E-state index contributed by atoms with van der Waals surface area (Å²) in [5, 5.41) is 2.89. The van der Waals surface area contributed by atoms with Crippen molar-refractivity contribution in [2.24, 2.45) is 11.8 Å². The normalized spacial score (nSPS) is 20.1. The van der Waals surface area contributed by atoms with Crippen LogP contribution in [-0.2, 0) is 25.7 Å². The van der Waals surface area contributed by atoms with E-state index < -0.39 is 6.04 Å². The minimum absolute atomic E-state index is 0.0158. The highest BCUT2D eigenvalue weighted by atomic mass is 16.5. The molecule has 2 aliphatic rings. The summed E-state index contributed by atoms with van der Waals surface area (Å²) in [6, 6.07) is 6.71. The molecule has 3 rings (SSSR count). The van der Waals surface area contributed by atoms with Gasteiger partial charge in [0, 0.05) is 26.1 Å². The number of fused-ring (bicyclic) bond motifs is 1. The molecule has 1 N–H and O–H groups in total. The molecule has 1 aromatic rings. The van der Waals surface area contributed by atoms with Crippen molar-refractivity contribution in [1.82, 2.24) is 15.1 Å². The van der Waals surface area contributed by atoms with Gasteiger partial charge in [0.1, 0.15) is 11.8 Å². The molecule has 1 heterocycles. The SMILES string of the molecule is CCCNC(=O)C(CC)N(Cc1ccc(OC)cc1)C(=O)CCN1C(=O)[C@H]2CC=CC[C@H]2C1=O. The largest absolute Gasteiger partial charge is 0.497 e. The standard InChI is InChI=1S/C26H35N3O5/c1-4-15-27-24(31)22(5-2)29(17-18-10-12-19(34-3)13-11-18)23(30)14-16-28-25(32)20-8-6-7-9-21(20)26(28)33/h6-7,10-13,20-22H,4-5,8-9,14-17H2,1-3H3,(H,27,31)/t20-,21+,22?. The molecule has 0 saturated carbocycles. The van der Waals surface area contributed by atoms with E-state index >= 15 is 0 Å². The van der Waals surface area contributed by atoms with Gasteiger partial charge in [0.2, 0.25) is 23.6 Å². The lowest BCUT2D eigenvalue weighted by atomic mass is 9.85. The first kappa shape index (κ1) is 25.5. The number of carbonyl (C=O) groups is 4. The molecule has 1 saturated heterocycles. The number of nitrogens with one attached hydrogen (secondary N) is 1. The van der Waals surface area contributed by atoms with Crippen LogP contribution in [0.15, 0.2) is 36.4 Å². The predicted molar refractivity (Wildman–Crippen MR) is 128 cm³/mol. The van der Waals surface area contributed by atoms with Gasteiger partial charge < -0.3 is 15.0 Å². The van der Waals surface area contributed by atoms with Crippen molar-refractivity contribution in [3.8, 4) is 5.75 Å². The third-order valence-corrected chi connectivity index (χ3v) is 6.60. The fraction of sp³-hybridized carbons (Fsp3) is 0.538. The Morgan fingerprint density at radius 2 is 1.71 bits per heavy atom. The van der Waals surface area contributed by atoms with Crippen LogP contribution in [0.4, 0.5) is 0 Å². The summed E-state index contributed by atoms with van der Waals surface area (Å²) in [6.07, 6.45) is 6.26. The van der Waals surface area contributed by atoms with E-state index in [0.29, 0.717) is 31.6 Å². The summed E-state index contributed by atoms with van der Waals surface area (Å²) in [7, 11) is 1.59. The second kappa shape index (κ2) is 11.8. The maximum absolute atomic E-state index is 13.4. The lowest BCUT2D eigenvalue weighted by Gasteiger charge is -2.31. The maximum atomic E-state index is 13.4. The van der Waals surface area contributed by atoms with Crippen LogP contribution in [-0.4, -0.2) is 59.7 Å². The molecule has 34 heavy (non-hydrogen) atoms. The summed E-state index contributed by atoms with van der Waals surface area (Å²) in [5.74, 6) is -0.767. The van der Waals surface area contributed by atoms with Crippen molar-refractivity contribution in [2.45, 2.75) is 58.5 Å². The molecule has 0 radical (unpaired) electrons. The molecule has 3 atom stereocenters. The summed E-state index contributed by atoms with van der Waals surface area (Å²) >= 11 is 0. The molecule has 1 aliphatic heterocycles. The smallest absolute Gasteiger partial charge is 0.242 e. The number of benzene rings is 1. The van der Waals surface area contributed by atoms with Crippen LogP contribution in [0.3, 0.4) is 0 Å². The molecule has 8 heteroatoms. The highest BCUT2D eigenvalue weighted by Gasteiger charge is 2.47. The number of amides is 4. The molecule has 1 unspecified atom stereocenters. The van der Waals surface area contributed by atoms with Gasteiger partial charge in [0.25, 0.3) is 0 Å². The lowest BCUT2D eigenvalue weighted by molar-refractivity contribution is -0.144. The molecule has 1 fully saturated rings. The van der Waals surface area contributed by atoms with Crippen LogP contribution in [0.2, 0.25) is 0 Å². The quantitative estimate of drug-likeness (QED) is 0.397. The number of imide groups is 1. The maximum Gasteiger partial charge on any atom is 0.242 e. The zero-order valence-electron chi connectivity index (χ0n) is 20.3. The van der Waals surface area contributed by atoms with Crippen LogP contribution < -0.4 is 10.1 Å². The van der Waals surface area contributed by atoms with Crippen molar-refractivity contribution in [2.75, 3.05) is 20.2 Å². The number of nitrogens with zero attached hydrogens (tertiary/aromatic N) is 2. The van der Waals surface area contributed by atoms with Gasteiger partial charge in [0.05, 0.1) is 18.9 Å². The summed E-state index contributed by atoms with van der Waals surface area (Å²) in [6.45, 7) is 4.66. The summed E-state index contributed by atoms with van der Waals surface area (Å²) < 4.78 is 5.21. The predicted octanol–water partition coefficient (Wildman–Crippen LogP) is 2.67. The van der Waals surface area contributed by atoms with Gasteiger partial charge in [-0.3, -0.25) is 24.1 Å². The molecular weight excluding hydrogens is 434 g/mol. The van der Waals surface area contributed by atoms with Gasteiger partial charge >= 0.3 is 0 Å². The summed E-state index contributed by atoms with van der Waals surface area (Å²) in [4.78, 5) is 54.6. The first-order valence-corrected chi connectivity index (χ1v) is 12.1. The third-order valence-electron chi connectivity index (χ3n) is 6.60. The molecule has 1 aliphatic carbocycles. The number of methoxy groups -OCH3 is 1. The monoisotopic (exact) mass is 469 g/mol. The zero-order chi connectivity index (χ0) is 24.7. The number of hydrogen-bond acceptors (Lipinski definition) is 5. The Bertz CT molecular complexity index is 901. The number of rotatable bonds is 11. The number of allylic oxidation sites excluding steroid dienone is 2. The highest BCUT2D eigenvalue weighted by molar-refractivity contribution is 6.05. The minimum atomic E-state index is -0.641. The third kappa shape index (κ3) is 5.66. The number of ether oxygens (including phenoxy) is 1. The van der Waals surface area contributed by atoms with E-state index in [0.717, 1.165) is 12.0 Å². The van der Waals surface area contributed by atoms with E-state index in [9.17, 15) is 19.2 Å². The van der Waals surface area contributed by atoms with Crippen LogP contribution in [0.1, 0.15) is 51.5 Å². The van der Waals surface area contributed by atoms with Crippen molar-refractivity contribution in [3.63, 3.8) is 0 Å². The first-order chi connectivity index (χ1) is 16.4.